The van der Waals surface area contributed by atoms with Crippen LogP contribution in [0.3, 0.4) is 0 Å². The van der Waals surface area contributed by atoms with E-state index in [1.807, 2.05) is 24.3 Å². The molecule has 2 atom stereocenters. The van der Waals surface area contributed by atoms with Crippen molar-refractivity contribution in [3.8, 4) is 0 Å². The van der Waals surface area contributed by atoms with E-state index in [9.17, 15) is 9.90 Å². The van der Waals surface area contributed by atoms with Crippen LogP contribution in [0.15, 0.2) is 24.3 Å². The van der Waals surface area contributed by atoms with Crippen LogP contribution < -0.4 is 5.32 Å². The van der Waals surface area contributed by atoms with Crippen molar-refractivity contribution < 1.29 is 9.90 Å². The van der Waals surface area contributed by atoms with Crippen LogP contribution in [0.1, 0.15) is 31.2 Å². The molecule has 2 saturated heterocycles. The van der Waals surface area contributed by atoms with E-state index in [4.69, 9.17) is 11.6 Å². The average Bonchev–Trinajstić information content (AvgIpc) is 2.70. The zero-order chi connectivity index (χ0) is 14.8. The molecule has 2 bridgehead atoms. The third kappa shape index (κ3) is 3.39. The Balaban J connectivity index is 1.52. The van der Waals surface area contributed by atoms with Crippen LogP contribution in [0, 0.1) is 0 Å². The van der Waals surface area contributed by atoms with E-state index in [-0.39, 0.29) is 12.0 Å². The van der Waals surface area contributed by atoms with Crippen molar-refractivity contribution in [3.63, 3.8) is 0 Å². The molecule has 0 aromatic heterocycles. The standard InChI is InChI=1S/C16H21ClN2O2/c17-15-4-2-1-3-11(15)9-18-16(21)10-19-12-5-6-13(19)8-14(20)7-12/h1-4,12-14,20H,5-10H2,(H,18,21). The molecule has 2 unspecified atom stereocenters. The van der Waals surface area contributed by atoms with Gasteiger partial charge in [-0.2, -0.15) is 0 Å². The molecule has 2 N–H and O–H groups in total. The van der Waals surface area contributed by atoms with Gasteiger partial charge in [-0.1, -0.05) is 29.8 Å². The lowest BCUT2D eigenvalue weighted by Gasteiger charge is -2.36. The summed E-state index contributed by atoms with van der Waals surface area (Å²) in [6, 6.07) is 8.28. The largest absolute Gasteiger partial charge is 0.393 e. The van der Waals surface area contributed by atoms with Gasteiger partial charge >= 0.3 is 0 Å². The number of hydrogen-bond donors (Lipinski definition) is 2. The normalized spacial score (nSPS) is 28.6. The number of piperidine rings is 1. The Hall–Kier alpha value is -1.10. The highest BCUT2D eigenvalue weighted by molar-refractivity contribution is 6.31. The van der Waals surface area contributed by atoms with E-state index in [0.29, 0.717) is 30.2 Å². The quantitative estimate of drug-likeness (QED) is 0.894. The summed E-state index contributed by atoms with van der Waals surface area (Å²) in [6.07, 6.45) is 3.60. The highest BCUT2D eigenvalue weighted by Crippen LogP contribution is 2.35. The molecule has 0 aliphatic carbocycles. The third-order valence-corrected chi connectivity index (χ3v) is 4.99. The second-order valence-electron chi connectivity index (χ2n) is 6.05. The van der Waals surface area contributed by atoms with Crippen LogP contribution >= 0.6 is 11.6 Å². The molecule has 2 aliphatic heterocycles. The van der Waals surface area contributed by atoms with Crippen LogP contribution in [-0.4, -0.2) is 40.6 Å². The molecule has 1 aromatic carbocycles. The van der Waals surface area contributed by atoms with E-state index in [1.54, 1.807) is 0 Å². The van der Waals surface area contributed by atoms with Gasteiger partial charge in [0.15, 0.2) is 0 Å². The van der Waals surface area contributed by atoms with E-state index in [2.05, 4.69) is 10.2 Å². The Labute approximate surface area is 130 Å². The number of carbonyl (C=O) groups is 1. The molecule has 0 saturated carbocycles. The molecular weight excluding hydrogens is 288 g/mol. The Morgan fingerprint density at radius 3 is 2.62 bits per heavy atom. The number of halogens is 1. The zero-order valence-electron chi connectivity index (χ0n) is 12.0. The minimum Gasteiger partial charge on any atom is -0.393 e. The number of benzene rings is 1. The lowest BCUT2D eigenvalue weighted by molar-refractivity contribution is -0.124. The minimum atomic E-state index is -0.190. The number of rotatable bonds is 4. The van der Waals surface area contributed by atoms with E-state index < -0.39 is 0 Å². The number of aliphatic hydroxyl groups is 1. The fourth-order valence-corrected chi connectivity index (χ4v) is 3.76. The Morgan fingerprint density at radius 2 is 1.95 bits per heavy atom. The highest BCUT2D eigenvalue weighted by atomic mass is 35.5. The van der Waals surface area contributed by atoms with Crippen molar-refractivity contribution in [2.45, 2.75) is 50.4 Å². The molecule has 2 fully saturated rings. The topological polar surface area (TPSA) is 52.6 Å². The molecule has 3 rings (SSSR count). The molecule has 114 valence electrons. The van der Waals surface area contributed by atoms with Crippen LogP contribution in [0.2, 0.25) is 5.02 Å². The number of nitrogens with zero attached hydrogens (tertiary/aromatic N) is 1. The monoisotopic (exact) mass is 308 g/mol. The molecule has 2 heterocycles. The van der Waals surface area contributed by atoms with Crippen molar-refractivity contribution in [3.05, 3.63) is 34.9 Å². The number of fused-ring (bicyclic) bond motifs is 2. The first kappa shape index (κ1) is 14.8. The SMILES string of the molecule is O=C(CN1C2CCC1CC(O)C2)NCc1ccccc1Cl. The summed E-state index contributed by atoms with van der Waals surface area (Å²) >= 11 is 6.08. The van der Waals surface area contributed by atoms with Gasteiger partial charge in [0.05, 0.1) is 12.6 Å². The summed E-state index contributed by atoms with van der Waals surface area (Å²) in [6.45, 7) is 0.886. The molecular formula is C16H21ClN2O2. The summed E-state index contributed by atoms with van der Waals surface area (Å²) in [5.41, 5.74) is 0.935. The smallest absolute Gasteiger partial charge is 0.234 e. The molecule has 21 heavy (non-hydrogen) atoms. The Morgan fingerprint density at radius 1 is 1.29 bits per heavy atom. The summed E-state index contributed by atoms with van der Waals surface area (Å²) in [5, 5.41) is 13.4. The van der Waals surface area contributed by atoms with Crippen molar-refractivity contribution >= 4 is 17.5 Å². The second kappa shape index (κ2) is 6.34. The maximum atomic E-state index is 12.1. The molecule has 5 heteroatoms. The first-order valence-corrected chi connectivity index (χ1v) is 7.95. The van der Waals surface area contributed by atoms with Crippen molar-refractivity contribution in [2.75, 3.05) is 6.54 Å². The lowest BCUT2D eigenvalue weighted by Crippen LogP contribution is -2.48. The van der Waals surface area contributed by atoms with Gasteiger partial charge in [-0.05, 0) is 37.3 Å². The first-order valence-electron chi connectivity index (χ1n) is 7.57. The van der Waals surface area contributed by atoms with Gasteiger partial charge in [-0.15, -0.1) is 0 Å². The fraction of sp³-hybridized carbons (Fsp3) is 0.562. The molecule has 0 radical (unpaired) electrons. The van der Waals surface area contributed by atoms with Gasteiger partial charge < -0.3 is 10.4 Å². The molecule has 1 aromatic rings. The maximum Gasteiger partial charge on any atom is 0.234 e. The fourth-order valence-electron chi connectivity index (χ4n) is 3.56. The van der Waals surface area contributed by atoms with Gasteiger partial charge in [0.1, 0.15) is 0 Å². The van der Waals surface area contributed by atoms with Crippen molar-refractivity contribution in [2.24, 2.45) is 0 Å². The molecule has 4 nitrogen and oxygen atoms in total. The summed E-state index contributed by atoms with van der Waals surface area (Å²) < 4.78 is 0. The van der Waals surface area contributed by atoms with Crippen LogP contribution in [-0.2, 0) is 11.3 Å². The first-order chi connectivity index (χ1) is 10.1. The second-order valence-corrected chi connectivity index (χ2v) is 6.46. The molecule has 2 aliphatic rings. The number of nitrogens with one attached hydrogen (secondary N) is 1. The minimum absolute atomic E-state index is 0.0307. The molecule has 1 amide bonds. The Kier molecular flexibility index (Phi) is 4.48. The summed E-state index contributed by atoms with van der Waals surface area (Å²) in [7, 11) is 0. The number of amides is 1. The van der Waals surface area contributed by atoms with Crippen LogP contribution in [0.25, 0.3) is 0 Å². The van der Waals surface area contributed by atoms with Crippen LogP contribution in [0.5, 0.6) is 0 Å². The van der Waals surface area contributed by atoms with Gasteiger partial charge in [-0.25, -0.2) is 0 Å². The predicted octanol–water partition coefficient (Wildman–Crippen LogP) is 1.94. The highest BCUT2D eigenvalue weighted by Gasteiger charge is 2.40. The third-order valence-electron chi connectivity index (χ3n) is 4.62. The van der Waals surface area contributed by atoms with Gasteiger partial charge in [0.25, 0.3) is 0 Å². The van der Waals surface area contributed by atoms with E-state index in [0.717, 1.165) is 31.2 Å². The summed E-state index contributed by atoms with van der Waals surface area (Å²) in [4.78, 5) is 14.4. The van der Waals surface area contributed by atoms with Crippen molar-refractivity contribution in [1.29, 1.82) is 0 Å². The number of aliphatic hydroxyl groups excluding tert-OH is 1. The van der Waals surface area contributed by atoms with Crippen LogP contribution in [0.4, 0.5) is 0 Å². The number of carbonyl (C=O) groups excluding carboxylic acids is 1. The van der Waals surface area contributed by atoms with E-state index >= 15 is 0 Å². The Bertz CT molecular complexity index is 509. The predicted molar refractivity (Wildman–Crippen MR) is 82.1 cm³/mol. The van der Waals surface area contributed by atoms with Gasteiger partial charge in [-0.3, -0.25) is 9.69 Å². The van der Waals surface area contributed by atoms with E-state index in [1.165, 1.54) is 0 Å². The number of hydrogen-bond acceptors (Lipinski definition) is 3. The van der Waals surface area contributed by atoms with Gasteiger partial charge in [0.2, 0.25) is 5.91 Å². The zero-order valence-corrected chi connectivity index (χ0v) is 12.7. The lowest BCUT2D eigenvalue weighted by atomic mass is 10.00. The maximum absolute atomic E-state index is 12.1. The summed E-state index contributed by atoms with van der Waals surface area (Å²) in [5.74, 6) is 0.0307. The van der Waals surface area contributed by atoms with Gasteiger partial charge in [0, 0.05) is 23.7 Å². The van der Waals surface area contributed by atoms with Crippen molar-refractivity contribution in [1.82, 2.24) is 10.2 Å². The average molecular weight is 309 g/mol. The molecule has 0 spiro atoms.